The fraction of sp³-hybridized carbons (Fsp3) is 0.0294. The zero-order chi connectivity index (χ0) is 26.2. The van der Waals surface area contributed by atoms with Gasteiger partial charge in [-0.2, -0.15) is 5.10 Å². The number of nitrogens with zero attached hydrogens (tertiary/aromatic N) is 2. The molecule has 0 radical (unpaired) electrons. The van der Waals surface area contributed by atoms with Crippen molar-refractivity contribution in [2.75, 3.05) is 5.73 Å². The van der Waals surface area contributed by atoms with E-state index in [-0.39, 0.29) is 17.0 Å². The number of hydrogen-bond donors (Lipinski definition) is 1. The molecule has 0 amide bonds. The van der Waals surface area contributed by atoms with Gasteiger partial charge in [0.05, 0.1) is 5.71 Å². The molecule has 5 rings (SSSR count). The lowest BCUT2D eigenvalue weighted by molar-refractivity contribution is 1.23. The Hall–Kier alpha value is -3.98. The maximum Gasteiger partial charge on any atom is 0.100 e. The average molecular weight is 593 g/mol. The Kier molecular flexibility index (Phi) is 9.49. The highest BCUT2D eigenvalue weighted by atomic mass is 79.9. The van der Waals surface area contributed by atoms with E-state index in [9.17, 15) is 0 Å². The highest BCUT2D eigenvalue weighted by Crippen LogP contribution is 2.43. The second kappa shape index (κ2) is 13.2. The molecule has 0 aliphatic rings. The van der Waals surface area contributed by atoms with Gasteiger partial charge in [-0.25, -0.2) is 0 Å². The van der Waals surface area contributed by atoms with Gasteiger partial charge in [0.2, 0.25) is 0 Å². The predicted molar refractivity (Wildman–Crippen MR) is 178 cm³/mol. The van der Waals surface area contributed by atoms with Crippen LogP contribution in [0.3, 0.4) is 0 Å². The molecule has 0 atom stereocenters. The van der Waals surface area contributed by atoms with Crippen molar-refractivity contribution in [1.82, 2.24) is 0 Å². The molecule has 0 heterocycles. The summed E-state index contributed by atoms with van der Waals surface area (Å²) in [6.45, 7) is -0.121. The summed E-state index contributed by atoms with van der Waals surface area (Å²) in [6.07, 6.45) is 0. The summed E-state index contributed by atoms with van der Waals surface area (Å²) < 4.78 is 0. The quantitative estimate of drug-likeness (QED) is 0.0956. The lowest BCUT2D eigenvalue weighted by Crippen LogP contribution is -2.28. The van der Waals surface area contributed by atoms with Crippen LogP contribution in [0.4, 0.5) is 5.69 Å². The predicted octanol–water partition coefficient (Wildman–Crippen LogP) is 6.86. The second-order valence-corrected chi connectivity index (χ2v) is 12.3. The van der Waals surface area contributed by atoms with Gasteiger partial charge in [0.25, 0.3) is 0 Å². The number of hydrogen-bond acceptors (Lipinski definition) is 3. The lowest BCUT2D eigenvalue weighted by atomic mass is 10.0. The van der Waals surface area contributed by atoms with Gasteiger partial charge in [-0.15, -0.1) is 22.1 Å². The molecule has 0 spiro atoms. The third-order valence-corrected chi connectivity index (χ3v) is 10.5. The number of nitrogens with two attached hydrogens (primary N) is 1. The van der Waals surface area contributed by atoms with Crippen molar-refractivity contribution in [3.05, 3.63) is 157 Å². The van der Waals surface area contributed by atoms with Crippen LogP contribution < -0.4 is 21.6 Å². The van der Waals surface area contributed by atoms with Gasteiger partial charge >= 0.3 is 0 Å². The lowest BCUT2D eigenvalue weighted by Gasteiger charge is -2.28. The Morgan fingerprint density at radius 2 is 0.923 bits per heavy atom. The summed E-state index contributed by atoms with van der Waals surface area (Å²) in [7, 11) is 0. The van der Waals surface area contributed by atoms with Gasteiger partial charge in [0.1, 0.15) is 5.71 Å². The molecule has 0 aliphatic heterocycles. The van der Waals surface area contributed by atoms with Crippen molar-refractivity contribution in [2.24, 2.45) is 10.2 Å². The first-order chi connectivity index (χ1) is 18.7. The molecule has 2 N–H and O–H groups in total. The minimum absolute atomic E-state index is 0. The van der Waals surface area contributed by atoms with Crippen molar-refractivity contribution in [3.63, 3.8) is 0 Å². The molecule has 39 heavy (non-hydrogen) atoms. The fourth-order valence-electron chi connectivity index (χ4n) is 4.61. The highest BCUT2D eigenvalue weighted by molar-refractivity contribution is 8.93. The van der Waals surface area contributed by atoms with Crippen molar-refractivity contribution >= 4 is 62.7 Å². The Balaban J connectivity index is 0.00000353. The van der Waals surface area contributed by atoms with Crippen LogP contribution in [0, 0.1) is 0 Å². The molecule has 3 nitrogen and oxygen atoms in total. The molecule has 0 fully saturated rings. The number of nitrogen functional groups attached to an aromatic ring is 1. The van der Waals surface area contributed by atoms with E-state index in [1.807, 2.05) is 49.4 Å². The zero-order valence-corrected chi connectivity index (χ0v) is 24.4. The third-order valence-electron chi connectivity index (χ3n) is 6.41. The van der Waals surface area contributed by atoms with E-state index < -0.39 is 6.89 Å². The summed E-state index contributed by atoms with van der Waals surface area (Å²) in [4.78, 5) is 0. The molecule has 5 aromatic carbocycles. The SMILES string of the molecule is Br.C/C(C=P(c1ccccc1)(c1ccccc1)c1ccccc1)=N/N=C(/c1ccccc1)c1ccc(N)cc1. The molecular formula is C34H31BrN3P. The highest BCUT2D eigenvalue weighted by Gasteiger charge is 2.25. The minimum atomic E-state index is -2.16. The van der Waals surface area contributed by atoms with Crippen LogP contribution in [0.1, 0.15) is 18.1 Å². The van der Waals surface area contributed by atoms with Gasteiger partial charge in [0, 0.05) is 16.8 Å². The fourth-order valence-corrected chi connectivity index (χ4v) is 8.50. The van der Waals surface area contributed by atoms with Crippen LogP contribution in [0.25, 0.3) is 0 Å². The topological polar surface area (TPSA) is 50.7 Å². The summed E-state index contributed by atoms with van der Waals surface area (Å²) in [5.74, 6) is 2.34. The number of benzene rings is 5. The van der Waals surface area contributed by atoms with Crippen LogP contribution >= 0.6 is 23.9 Å². The second-order valence-electron chi connectivity index (χ2n) is 9.04. The standard InChI is InChI=1S/C34H30N3P.BrH/c1-27(36-37-34(28-14-6-2-7-15-28)29-22-24-30(35)25-23-29)26-38(31-16-8-3-9-17-31,32-18-10-4-11-19-32)33-20-12-5-13-21-33;/h2-26H,35H2,1H3;1H/b36-27-,37-34-;. The first-order valence-electron chi connectivity index (χ1n) is 12.6. The van der Waals surface area contributed by atoms with Crippen LogP contribution in [0.5, 0.6) is 0 Å². The normalized spacial score (nSPS) is 11.9. The van der Waals surface area contributed by atoms with Gasteiger partial charge in [-0.05, 0) is 47.7 Å². The molecule has 5 aromatic rings. The Bertz CT molecular complexity index is 1490. The van der Waals surface area contributed by atoms with Gasteiger partial charge in [-0.3, -0.25) is 0 Å². The van der Waals surface area contributed by atoms with Gasteiger partial charge in [0.15, 0.2) is 0 Å². The van der Waals surface area contributed by atoms with Crippen LogP contribution in [0.2, 0.25) is 0 Å². The summed E-state index contributed by atoms with van der Waals surface area (Å²) in [5, 5.41) is 13.4. The molecule has 0 aromatic heterocycles. The molecule has 0 bridgehead atoms. The van der Waals surface area contributed by atoms with Crippen molar-refractivity contribution in [2.45, 2.75) is 6.92 Å². The third kappa shape index (κ3) is 6.37. The maximum absolute atomic E-state index is 5.95. The van der Waals surface area contributed by atoms with E-state index in [2.05, 4.69) is 109 Å². The van der Waals surface area contributed by atoms with Crippen molar-refractivity contribution < 1.29 is 0 Å². The number of halogens is 1. The molecule has 0 saturated carbocycles. The minimum Gasteiger partial charge on any atom is -0.399 e. The van der Waals surface area contributed by atoms with Crippen LogP contribution in [-0.4, -0.2) is 17.2 Å². The Morgan fingerprint density at radius 3 is 1.36 bits per heavy atom. The van der Waals surface area contributed by atoms with E-state index in [0.717, 1.165) is 28.2 Å². The van der Waals surface area contributed by atoms with E-state index in [0.29, 0.717) is 0 Å². The first-order valence-corrected chi connectivity index (χ1v) is 14.5. The molecule has 5 heteroatoms. The van der Waals surface area contributed by atoms with Crippen LogP contribution in [0.15, 0.2) is 156 Å². The summed E-state index contributed by atoms with van der Waals surface area (Å²) >= 11 is 0. The summed E-state index contributed by atoms with van der Waals surface area (Å²) in [5.41, 5.74) is 10.3. The smallest absolute Gasteiger partial charge is 0.100 e. The Morgan fingerprint density at radius 1 is 0.538 bits per heavy atom. The Labute approximate surface area is 241 Å². The van der Waals surface area contributed by atoms with Crippen LogP contribution in [-0.2, 0) is 0 Å². The van der Waals surface area contributed by atoms with Crippen molar-refractivity contribution in [1.29, 1.82) is 0 Å². The molecular weight excluding hydrogens is 561 g/mol. The maximum atomic E-state index is 5.95. The average Bonchev–Trinajstić information content (AvgIpc) is 2.99. The van der Waals surface area contributed by atoms with E-state index in [1.165, 1.54) is 15.9 Å². The van der Waals surface area contributed by atoms with Gasteiger partial charge < -0.3 is 5.73 Å². The van der Waals surface area contributed by atoms with E-state index in [1.54, 1.807) is 0 Å². The number of rotatable bonds is 7. The molecule has 194 valence electrons. The van der Waals surface area contributed by atoms with Crippen molar-refractivity contribution in [3.8, 4) is 0 Å². The molecule has 0 saturated heterocycles. The first kappa shape index (κ1) is 28.0. The van der Waals surface area contributed by atoms with E-state index in [4.69, 9.17) is 15.9 Å². The molecule has 0 aliphatic carbocycles. The largest absolute Gasteiger partial charge is 0.399 e. The summed E-state index contributed by atoms with van der Waals surface area (Å²) in [6, 6.07) is 50.2. The molecule has 0 unspecified atom stereocenters. The zero-order valence-electron chi connectivity index (χ0n) is 21.8. The van der Waals surface area contributed by atoms with Gasteiger partial charge in [-0.1, -0.05) is 133 Å². The monoisotopic (exact) mass is 591 g/mol. The number of anilines is 1. The van der Waals surface area contributed by atoms with E-state index >= 15 is 0 Å².